The second kappa shape index (κ2) is 8.71. The third-order valence-corrected chi connectivity index (χ3v) is 6.25. The number of anilines is 1. The van der Waals surface area contributed by atoms with Gasteiger partial charge in [0, 0.05) is 24.8 Å². The summed E-state index contributed by atoms with van der Waals surface area (Å²) >= 11 is 0. The SMILES string of the molecule is CC(C)(C)OC(=O)N1CCCC1CCNc1ccccc1C1Cc2ccccc2C1. The summed E-state index contributed by atoms with van der Waals surface area (Å²) in [5.74, 6) is 0.538. The summed E-state index contributed by atoms with van der Waals surface area (Å²) in [7, 11) is 0. The van der Waals surface area contributed by atoms with Crippen LogP contribution in [0.1, 0.15) is 62.6 Å². The van der Waals surface area contributed by atoms with Crippen molar-refractivity contribution in [2.45, 2.75) is 70.4 Å². The molecule has 4 heteroatoms. The van der Waals surface area contributed by atoms with E-state index in [9.17, 15) is 4.79 Å². The third kappa shape index (κ3) is 4.80. The van der Waals surface area contributed by atoms with Gasteiger partial charge in [0.15, 0.2) is 0 Å². The standard InChI is InChI=1S/C26H34N2O2/c1-26(2,3)30-25(29)28-16-8-11-22(28)14-15-27-24-13-7-6-12-23(24)21-17-19-9-4-5-10-20(19)18-21/h4-7,9-10,12-13,21-22,27H,8,11,14-18H2,1-3H3. The number of para-hydroxylation sites is 1. The Morgan fingerprint density at radius 2 is 1.73 bits per heavy atom. The monoisotopic (exact) mass is 406 g/mol. The summed E-state index contributed by atoms with van der Waals surface area (Å²) in [6, 6.07) is 17.8. The summed E-state index contributed by atoms with van der Waals surface area (Å²) in [5, 5.41) is 3.67. The number of hydrogen-bond donors (Lipinski definition) is 1. The molecule has 160 valence electrons. The fraction of sp³-hybridized carbons (Fsp3) is 0.500. The van der Waals surface area contributed by atoms with Gasteiger partial charge in [-0.15, -0.1) is 0 Å². The van der Waals surface area contributed by atoms with E-state index in [1.807, 2.05) is 25.7 Å². The number of amides is 1. The van der Waals surface area contributed by atoms with Crippen LogP contribution in [0.25, 0.3) is 0 Å². The average molecular weight is 407 g/mol. The predicted octanol–water partition coefficient (Wildman–Crippen LogP) is 5.77. The minimum Gasteiger partial charge on any atom is -0.444 e. The van der Waals surface area contributed by atoms with Gasteiger partial charge in [-0.3, -0.25) is 0 Å². The molecule has 1 atom stereocenters. The quantitative estimate of drug-likeness (QED) is 0.685. The highest BCUT2D eigenvalue weighted by molar-refractivity contribution is 5.69. The van der Waals surface area contributed by atoms with E-state index in [4.69, 9.17) is 4.74 Å². The van der Waals surface area contributed by atoms with Crippen molar-refractivity contribution in [2.24, 2.45) is 0 Å². The van der Waals surface area contributed by atoms with Crippen molar-refractivity contribution in [2.75, 3.05) is 18.4 Å². The Morgan fingerprint density at radius 1 is 1.07 bits per heavy atom. The molecule has 0 aromatic heterocycles. The van der Waals surface area contributed by atoms with Gasteiger partial charge in [0.05, 0.1) is 0 Å². The lowest BCUT2D eigenvalue weighted by Gasteiger charge is -2.29. The molecule has 1 aliphatic heterocycles. The molecule has 0 radical (unpaired) electrons. The molecule has 2 aliphatic rings. The van der Waals surface area contributed by atoms with Crippen molar-refractivity contribution in [3.05, 3.63) is 65.2 Å². The largest absolute Gasteiger partial charge is 0.444 e. The minimum absolute atomic E-state index is 0.172. The van der Waals surface area contributed by atoms with E-state index in [-0.39, 0.29) is 12.1 Å². The predicted molar refractivity (Wildman–Crippen MR) is 122 cm³/mol. The zero-order chi connectivity index (χ0) is 21.1. The molecular weight excluding hydrogens is 372 g/mol. The molecule has 0 saturated carbocycles. The number of benzene rings is 2. The molecule has 1 amide bonds. The topological polar surface area (TPSA) is 41.6 Å². The minimum atomic E-state index is -0.444. The second-order valence-corrected chi connectivity index (χ2v) is 9.65. The van der Waals surface area contributed by atoms with Crippen LogP contribution in [0, 0.1) is 0 Å². The normalized spacial score (nSPS) is 19.0. The van der Waals surface area contributed by atoms with Crippen molar-refractivity contribution in [3.63, 3.8) is 0 Å². The molecule has 1 fully saturated rings. The molecule has 1 saturated heterocycles. The Morgan fingerprint density at radius 3 is 2.43 bits per heavy atom. The fourth-order valence-electron chi connectivity index (χ4n) is 4.86. The van der Waals surface area contributed by atoms with Crippen LogP contribution in [0.4, 0.5) is 10.5 Å². The molecule has 2 aromatic carbocycles. The Bertz CT molecular complexity index is 862. The van der Waals surface area contributed by atoms with Crippen LogP contribution in [0.5, 0.6) is 0 Å². The molecule has 0 spiro atoms. The van der Waals surface area contributed by atoms with Crippen LogP contribution in [0.2, 0.25) is 0 Å². The number of likely N-dealkylation sites (tertiary alicyclic amines) is 1. The van der Waals surface area contributed by atoms with Gasteiger partial charge in [-0.2, -0.15) is 0 Å². The fourth-order valence-corrected chi connectivity index (χ4v) is 4.86. The van der Waals surface area contributed by atoms with E-state index in [1.54, 1.807) is 0 Å². The number of nitrogens with one attached hydrogen (secondary N) is 1. The van der Waals surface area contributed by atoms with Gasteiger partial charge >= 0.3 is 6.09 Å². The van der Waals surface area contributed by atoms with Gasteiger partial charge < -0.3 is 15.0 Å². The summed E-state index contributed by atoms with van der Waals surface area (Å²) in [6.07, 6.45) is 5.11. The lowest BCUT2D eigenvalue weighted by Crippen LogP contribution is -2.40. The number of fused-ring (bicyclic) bond motifs is 1. The summed E-state index contributed by atoms with van der Waals surface area (Å²) in [5.41, 5.74) is 5.16. The Labute approximate surface area is 180 Å². The summed E-state index contributed by atoms with van der Waals surface area (Å²) < 4.78 is 5.60. The first kappa shape index (κ1) is 20.8. The van der Waals surface area contributed by atoms with Gasteiger partial charge in [-0.1, -0.05) is 42.5 Å². The van der Waals surface area contributed by atoms with Gasteiger partial charge in [-0.25, -0.2) is 4.79 Å². The number of carbonyl (C=O) groups excluding carboxylic acids is 1. The molecular formula is C26H34N2O2. The van der Waals surface area contributed by atoms with E-state index >= 15 is 0 Å². The van der Waals surface area contributed by atoms with Crippen molar-refractivity contribution in [1.29, 1.82) is 0 Å². The maximum Gasteiger partial charge on any atom is 0.410 e. The van der Waals surface area contributed by atoms with E-state index in [0.29, 0.717) is 5.92 Å². The van der Waals surface area contributed by atoms with Crippen molar-refractivity contribution in [3.8, 4) is 0 Å². The van der Waals surface area contributed by atoms with Crippen LogP contribution < -0.4 is 5.32 Å². The second-order valence-electron chi connectivity index (χ2n) is 9.65. The molecule has 1 heterocycles. The Balaban J connectivity index is 1.35. The maximum atomic E-state index is 12.5. The maximum absolute atomic E-state index is 12.5. The molecule has 4 rings (SSSR count). The number of nitrogens with zero attached hydrogens (tertiary/aromatic N) is 1. The zero-order valence-electron chi connectivity index (χ0n) is 18.5. The van der Waals surface area contributed by atoms with Crippen LogP contribution in [0.3, 0.4) is 0 Å². The van der Waals surface area contributed by atoms with Crippen LogP contribution in [-0.4, -0.2) is 35.7 Å². The van der Waals surface area contributed by atoms with Gasteiger partial charge in [0.25, 0.3) is 0 Å². The van der Waals surface area contributed by atoms with Gasteiger partial charge in [0.1, 0.15) is 5.60 Å². The number of carbonyl (C=O) groups is 1. The van der Waals surface area contributed by atoms with Crippen molar-refractivity contribution >= 4 is 11.8 Å². The Hall–Kier alpha value is -2.49. The summed E-state index contributed by atoms with van der Waals surface area (Å²) in [6.45, 7) is 7.44. The van der Waals surface area contributed by atoms with Crippen LogP contribution in [0.15, 0.2) is 48.5 Å². The average Bonchev–Trinajstić information content (AvgIpc) is 3.34. The first-order valence-corrected chi connectivity index (χ1v) is 11.3. The van der Waals surface area contributed by atoms with E-state index in [1.165, 1.54) is 22.4 Å². The van der Waals surface area contributed by atoms with Gasteiger partial charge in [0.2, 0.25) is 0 Å². The highest BCUT2D eigenvalue weighted by atomic mass is 16.6. The third-order valence-electron chi connectivity index (χ3n) is 6.25. The molecule has 4 nitrogen and oxygen atoms in total. The zero-order valence-corrected chi connectivity index (χ0v) is 18.5. The van der Waals surface area contributed by atoms with Crippen molar-refractivity contribution in [1.82, 2.24) is 4.90 Å². The first-order chi connectivity index (χ1) is 14.4. The lowest BCUT2D eigenvalue weighted by atomic mass is 9.94. The van der Waals surface area contributed by atoms with Crippen LogP contribution in [-0.2, 0) is 17.6 Å². The highest BCUT2D eigenvalue weighted by Crippen LogP contribution is 2.37. The lowest BCUT2D eigenvalue weighted by molar-refractivity contribution is 0.0223. The molecule has 1 N–H and O–H groups in total. The summed E-state index contributed by atoms with van der Waals surface area (Å²) in [4.78, 5) is 14.4. The molecule has 1 unspecified atom stereocenters. The van der Waals surface area contributed by atoms with Crippen LogP contribution >= 0.6 is 0 Å². The number of ether oxygens (including phenoxy) is 1. The molecule has 1 aliphatic carbocycles. The molecule has 30 heavy (non-hydrogen) atoms. The van der Waals surface area contributed by atoms with Gasteiger partial charge in [-0.05, 0) is 81.5 Å². The van der Waals surface area contributed by atoms with E-state index in [2.05, 4.69) is 53.8 Å². The number of rotatable bonds is 5. The van der Waals surface area contributed by atoms with E-state index < -0.39 is 5.60 Å². The smallest absolute Gasteiger partial charge is 0.410 e. The Kier molecular flexibility index (Phi) is 6.03. The molecule has 2 aromatic rings. The first-order valence-electron chi connectivity index (χ1n) is 11.3. The molecule has 0 bridgehead atoms. The van der Waals surface area contributed by atoms with Crippen molar-refractivity contribution < 1.29 is 9.53 Å². The van der Waals surface area contributed by atoms with E-state index in [0.717, 1.165) is 45.2 Å². The highest BCUT2D eigenvalue weighted by Gasteiger charge is 2.32. The number of hydrogen-bond acceptors (Lipinski definition) is 3.